The van der Waals surface area contributed by atoms with E-state index in [1.54, 1.807) is 13.8 Å². The maximum absolute atomic E-state index is 13.5. The zero-order chi connectivity index (χ0) is 12.0. The van der Waals surface area contributed by atoms with E-state index in [-0.39, 0.29) is 9.90 Å². The smallest absolute Gasteiger partial charge is 0.193 e. The van der Waals surface area contributed by atoms with Crippen LogP contribution in [0.5, 0.6) is 0 Å². The fourth-order valence-electron chi connectivity index (χ4n) is 1.77. The van der Waals surface area contributed by atoms with Crippen molar-refractivity contribution in [1.82, 2.24) is 4.98 Å². The molecular formula is C12H11BrFNO. The van der Waals surface area contributed by atoms with Crippen molar-refractivity contribution >= 4 is 26.8 Å². The van der Waals surface area contributed by atoms with Crippen molar-refractivity contribution in [3.63, 3.8) is 0 Å². The lowest BCUT2D eigenvalue weighted by atomic mass is 10.1. The molecule has 2 nitrogen and oxygen atoms in total. The first-order valence-electron chi connectivity index (χ1n) is 4.91. The van der Waals surface area contributed by atoms with Gasteiger partial charge in [-0.25, -0.2) is 4.39 Å². The predicted molar refractivity (Wildman–Crippen MR) is 66.4 cm³/mol. The van der Waals surface area contributed by atoms with Crippen molar-refractivity contribution in [1.29, 1.82) is 0 Å². The molecular weight excluding hydrogens is 273 g/mol. The first kappa shape index (κ1) is 11.3. The molecule has 1 heterocycles. The van der Waals surface area contributed by atoms with E-state index in [2.05, 4.69) is 20.9 Å². The van der Waals surface area contributed by atoms with Gasteiger partial charge in [-0.05, 0) is 48.3 Å². The van der Waals surface area contributed by atoms with Gasteiger partial charge in [0.05, 0.1) is 15.4 Å². The number of aromatic nitrogens is 1. The number of hydrogen-bond acceptors (Lipinski definition) is 1. The minimum Gasteiger partial charge on any atom is -0.358 e. The third-order valence-corrected chi connectivity index (χ3v) is 3.63. The van der Waals surface area contributed by atoms with Gasteiger partial charge in [0.25, 0.3) is 0 Å². The molecule has 1 N–H and O–H groups in total. The molecule has 0 spiro atoms. The van der Waals surface area contributed by atoms with Gasteiger partial charge >= 0.3 is 0 Å². The Kier molecular flexibility index (Phi) is 2.62. The van der Waals surface area contributed by atoms with Gasteiger partial charge in [0.2, 0.25) is 0 Å². The molecule has 0 bridgehead atoms. The second-order valence-electron chi connectivity index (χ2n) is 3.94. The Balaban J connectivity index is 3.14. The van der Waals surface area contributed by atoms with E-state index < -0.39 is 5.82 Å². The number of pyridine rings is 1. The maximum Gasteiger partial charge on any atom is 0.193 e. The summed E-state index contributed by atoms with van der Waals surface area (Å²) in [7, 11) is 0. The molecule has 0 saturated carbocycles. The molecule has 0 saturated heterocycles. The Bertz CT molecular complexity index is 646. The zero-order valence-corrected chi connectivity index (χ0v) is 10.8. The lowest BCUT2D eigenvalue weighted by Crippen LogP contribution is -2.11. The van der Waals surface area contributed by atoms with Crippen molar-refractivity contribution in [2.45, 2.75) is 20.8 Å². The quantitative estimate of drug-likeness (QED) is 0.790. The second kappa shape index (κ2) is 3.70. The molecule has 0 aliphatic rings. The fourth-order valence-corrected chi connectivity index (χ4v) is 2.26. The van der Waals surface area contributed by atoms with Crippen molar-refractivity contribution in [2.24, 2.45) is 0 Å². The van der Waals surface area contributed by atoms with Crippen molar-refractivity contribution in [3.05, 3.63) is 43.4 Å². The highest BCUT2D eigenvalue weighted by atomic mass is 79.9. The number of halogens is 2. The normalized spacial score (nSPS) is 11.1. The number of rotatable bonds is 0. The Labute approximate surface area is 101 Å². The van der Waals surface area contributed by atoms with E-state index in [0.29, 0.717) is 16.5 Å². The fraction of sp³-hybridized carbons (Fsp3) is 0.250. The first-order valence-corrected chi connectivity index (χ1v) is 5.70. The van der Waals surface area contributed by atoms with Crippen LogP contribution in [0.4, 0.5) is 4.39 Å². The number of hydrogen-bond donors (Lipinski definition) is 1. The summed E-state index contributed by atoms with van der Waals surface area (Å²) in [4.78, 5) is 15.2. The number of fused-ring (bicyclic) bond motifs is 1. The van der Waals surface area contributed by atoms with Crippen molar-refractivity contribution < 1.29 is 4.39 Å². The molecule has 2 aromatic rings. The van der Waals surface area contributed by atoms with Gasteiger partial charge < -0.3 is 4.98 Å². The van der Waals surface area contributed by atoms with Gasteiger partial charge in [0.15, 0.2) is 5.43 Å². The van der Waals surface area contributed by atoms with E-state index in [4.69, 9.17) is 0 Å². The van der Waals surface area contributed by atoms with Gasteiger partial charge in [-0.15, -0.1) is 0 Å². The number of aromatic amines is 1. The Morgan fingerprint density at radius 3 is 2.56 bits per heavy atom. The zero-order valence-electron chi connectivity index (χ0n) is 9.24. The highest BCUT2D eigenvalue weighted by Gasteiger charge is 2.14. The van der Waals surface area contributed by atoms with Gasteiger partial charge in [-0.2, -0.15) is 0 Å². The van der Waals surface area contributed by atoms with E-state index in [1.165, 1.54) is 6.07 Å². The van der Waals surface area contributed by atoms with E-state index in [0.717, 1.165) is 11.3 Å². The molecule has 0 aliphatic carbocycles. The summed E-state index contributed by atoms with van der Waals surface area (Å²) in [6.45, 7) is 5.36. The van der Waals surface area contributed by atoms with Crippen LogP contribution in [0.2, 0.25) is 0 Å². The largest absolute Gasteiger partial charge is 0.358 e. The molecule has 1 aromatic carbocycles. The number of benzene rings is 1. The van der Waals surface area contributed by atoms with Crippen LogP contribution in [0, 0.1) is 26.6 Å². The summed E-state index contributed by atoms with van der Waals surface area (Å²) >= 11 is 3.13. The van der Waals surface area contributed by atoms with Gasteiger partial charge in [0, 0.05) is 11.3 Å². The molecule has 0 atom stereocenters. The summed E-state index contributed by atoms with van der Waals surface area (Å²) in [6, 6.07) is 1.41. The van der Waals surface area contributed by atoms with Crippen molar-refractivity contribution in [2.75, 3.05) is 0 Å². The summed E-state index contributed by atoms with van der Waals surface area (Å²) in [5, 5.41) is 0.389. The molecule has 4 heteroatoms. The Morgan fingerprint density at radius 2 is 1.94 bits per heavy atom. The van der Waals surface area contributed by atoms with E-state index in [1.807, 2.05) is 6.92 Å². The number of nitrogens with one attached hydrogen (secondary N) is 1. The minimum atomic E-state index is -0.404. The predicted octanol–water partition coefficient (Wildman–Crippen LogP) is 3.35. The van der Waals surface area contributed by atoms with Crippen LogP contribution in [0.25, 0.3) is 10.9 Å². The van der Waals surface area contributed by atoms with Crippen LogP contribution in [-0.2, 0) is 0 Å². The maximum atomic E-state index is 13.5. The second-order valence-corrected chi connectivity index (χ2v) is 4.74. The summed E-state index contributed by atoms with van der Waals surface area (Å²) in [6.07, 6.45) is 0. The van der Waals surface area contributed by atoms with Crippen molar-refractivity contribution in [3.8, 4) is 0 Å². The van der Waals surface area contributed by atoms with Crippen LogP contribution in [0.1, 0.15) is 16.8 Å². The third kappa shape index (κ3) is 1.48. The molecule has 0 unspecified atom stereocenters. The lowest BCUT2D eigenvalue weighted by Gasteiger charge is -2.09. The molecule has 0 fully saturated rings. The molecule has 0 aliphatic heterocycles. The average Bonchev–Trinajstić information content (AvgIpc) is 2.22. The van der Waals surface area contributed by atoms with E-state index in [9.17, 15) is 9.18 Å². The van der Waals surface area contributed by atoms with E-state index >= 15 is 0 Å². The summed E-state index contributed by atoms with van der Waals surface area (Å²) < 4.78 is 13.8. The first-order chi connectivity index (χ1) is 7.43. The molecule has 2 rings (SSSR count). The Hall–Kier alpha value is -1.16. The lowest BCUT2D eigenvalue weighted by molar-refractivity contribution is 0.622. The number of H-pyrrole nitrogens is 1. The Morgan fingerprint density at radius 1 is 1.31 bits per heavy atom. The van der Waals surface area contributed by atoms with Crippen LogP contribution in [0.15, 0.2) is 15.3 Å². The van der Waals surface area contributed by atoms with Crippen LogP contribution >= 0.6 is 15.9 Å². The van der Waals surface area contributed by atoms with Crippen LogP contribution < -0.4 is 5.43 Å². The third-order valence-electron chi connectivity index (χ3n) is 2.86. The minimum absolute atomic E-state index is 0.124. The molecule has 0 radical (unpaired) electrons. The monoisotopic (exact) mass is 283 g/mol. The molecule has 1 aromatic heterocycles. The highest BCUT2D eigenvalue weighted by Crippen LogP contribution is 2.26. The van der Waals surface area contributed by atoms with Gasteiger partial charge in [-0.1, -0.05) is 0 Å². The topological polar surface area (TPSA) is 32.9 Å². The molecule has 84 valence electrons. The number of aryl methyl sites for hydroxylation is 2. The van der Waals surface area contributed by atoms with Gasteiger partial charge in [0.1, 0.15) is 5.82 Å². The molecule has 0 amide bonds. The standard InChI is InChI=1S/C12H11BrFNO/c1-5-4-8(14)10(13)9-11(5)15-7(3)6(2)12(9)16/h4H,1-3H3,(H,15,16). The van der Waals surface area contributed by atoms with Crippen LogP contribution in [-0.4, -0.2) is 4.98 Å². The summed E-state index contributed by atoms with van der Waals surface area (Å²) in [5.74, 6) is -0.404. The van der Waals surface area contributed by atoms with Gasteiger partial charge in [-0.3, -0.25) is 4.79 Å². The highest BCUT2D eigenvalue weighted by molar-refractivity contribution is 9.10. The average molecular weight is 284 g/mol. The SMILES string of the molecule is Cc1[nH]c2c(C)cc(F)c(Br)c2c(=O)c1C. The summed E-state index contributed by atoms with van der Waals surface area (Å²) in [5.41, 5.74) is 2.75. The molecule has 16 heavy (non-hydrogen) atoms. The van der Waals surface area contributed by atoms with Crippen LogP contribution in [0.3, 0.4) is 0 Å².